The Morgan fingerprint density at radius 2 is 2.20 bits per heavy atom. The average Bonchev–Trinajstić information content (AvgIpc) is 2.93. The Balaban J connectivity index is 1.56. The molecule has 1 aliphatic heterocycles. The number of aromatic amines is 1. The van der Waals surface area contributed by atoms with Gasteiger partial charge in [0.25, 0.3) is 0 Å². The van der Waals surface area contributed by atoms with Crippen LogP contribution in [0.1, 0.15) is 22.5 Å². The van der Waals surface area contributed by atoms with Crippen molar-refractivity contribution >= 4 is 5.91 Å². The maximum atomic E-state index is 12.2. The summed E-state index contributed by atoms with van der Waals surface area (Å²) in [4.78, 5) is 19.5. The van der Waals surface area contributed by atoms with E-state index in [1.807, 2.05) is 12.1 Å². The zero-order chi connectivity index (χ0) is 13.9. The first-order chi connectivity index (χ1) is 9.72. The first-order valence-electron chi connectivity index (χ1n) is 6.80. The highest BCUT2D eigenvalue weighted by molar-refractivity contribution is 5.82. The number of imidazole rings is 1. The summed E-state index contributed by atoms with van der Waals surface area (Å²) < 4.78 is 0. The fraction of sp³-hybridized carbons (Fsp3) is 0.333. The lowest BCUT2D eigenvalue weighted by Crippen LogP contribution is -2.47. The zero-order valence-corrected chi connectivity index (χ0v) is 11.4. The Kier molecular flexibility index (Phi) is 3.52. The third-order valence-corrected chi connectivity index (χ3v) is 3.63. The maximum Gasteiger partial charge on any atom is 0.237 e. The van der Waals surface area contributed by atoms with Crippen LogP contribution in [0.25, 0.3) is 0 Å². The normalized spacial score (nSPS) is 17.6. The van der Waals surface area contributed by atoms with E-state index in [0.717, 1.165) is 17.0 Å². The number of rotatable bonds is 3. The van der Waals surface area contributed by atoms with Crippen molar-refractivity contribution in [2.75, 3.05) is 0 Å². The molecule has 0 spiro atoms. The lowest BCUT2D eigenvalue weighted by Gasteiger charge is -2.22. The van der Waals surface area contributed by atoms with Gasteiger partial charge in [-0.3, -0.25) is 10.1 Å². The lowest BCUT2D eigenvalue weighted by molar-refractivity contribution is -0.123. The average molecular weight is 270 g/mol. The third-order valence-electron chi connectivity index (χ3n) is 3.63. The van der Waals surface area contributed by atoms with Gasteiger partial charge in [0.1, 0.15) is 0 Å². The van der Waals surface area contributed by atoms with Crippen LogP contribution in [0.2, 0.25) is 0 Å². The number of H-pyrrole nitrogens is 1. The number of nitrogens with zero attached hydrogens (tertiary/aromatic N) is 1. The van der Waals surface area contributed by atoms with Gasteiger partial charge < -0.3 is 10.3 Å². The first kappa shape index (κ1) is 12.9. The van der Waals surface area contributed by atoms with E-state index in [1.54, 1.807) is 6.33 Å². The minimum absolute atomic E-state index is 0.0271. The molecule has 104 valence electrons. The molecule has 0 aliphatic carbocycles. The van der Waals surface area contributed by atoms with Crippen molar-refractivity contribution in [3.63, 3.8) is 0 Å². The minimum atomic E-state index is -0.198. The van der Waals surface area contributed by atoms with E-state index in [9.17, 15) is 4.79 Å². The van der Waals surface area contributed by atoms with Crippen LogP contribution in [0, 0.1) is 6.92 Å². The quantitative estimate of drug-likeness (QED) is 0.781. The van der Waals surface area contributed by atoms with Crippen LogP contribution in [-0.2, 0) is 24.3 Å². The molecule has 5 heteroatoms. The Bertz CT molecular complexity index is 603. The summed E-state index contributed by atoms with van der Waals surface area (Å²) >= 11 is 0. The molecule has 1 aromatic carbocycles. The lowest BCUT2D eigenvalue weighted by atomic mass is 10.0. The summed E-state index contributed by atoms with van der Waals surface area (Å²) in [6.07, 6.45) is 2.32. The second kappa shape index (κ2) is 5.46. The molecule has 1 aliphatic rings. The first-order valence-corrected chi connectivity index (χ1v) is 6.80. The standard InChI is InChI=1S/C15H18N4O/c1-10-2-4-11(5-3-10)7-17-15(20)13-6-12-14(8-16-13)19-9-18-12/h2-5,9,13,16H,6-8H2,1H3,(H,17,20)(H,18,19). The van der Waals surface area contributed by atoms with Crippen LogP contribution < -0.4 is 10.6 Å². The number of carbonyl (C=O) groups excluding carboxylic acids is 1. The molecule has 0 saturated heterocycles. The molecule has 3 rings (SSSR count). The zero-order valence-electron chi connectivity index (χ0n) is 11.4. The molecule has 0 fully saturated rings. The summed E-state index contributed by atoms with van der Waals surface area (Å²) in [6.45, 7) is 3.28. The molecule has 2 aromatic rings. The molecule has 0 bridgehead atoms. The number of benzene rings is 1. The molecular weight excluding hydrogens is 252 g/mol. The molecule has 0 saturated carbocycles. The van der Waals surface area contributed by atoms with Crippen LogP contribution in [-0.4, -0.2) is 21.9 Å². The fourth-order valence-corrected chi connectivity index (χ4v) is 2.37. The van der Waals surface area contributed by atoms with Crippen molar-refractivity contribution in [2.45, 2.75) is 32.5 Å². The molecule has 1 atom stereocenters. The van der Waals surface area contributed by atoms with Crippen molar-refractivity contribution in [3.8, 4) is 0 Å². The van der Waals surface area contributed by atoms with Crippen molar-refractivity contribution in [2.24, 2.45) is 0 Å². The molecule has 5 nitrogen and oxygen atoms in total. The minimum Gasteiger partial charge on any atom is -0.351 e. The van der Waals surface area contributed by atoms with Gasteiger partial charge in [-0.05, 0) is 12.5 Å². The highest BCUT2D eigenvalue weighted by Crippen LogP contribution is 2.12. The smallest absolute Gasteiger partial charge is 0.237 e. The number of nitrogens with one attached hydrogen (secondary N) is 3. The highest BCUT2D eigenvalue weighted by Gasteiger charge is 2.25. The van der Waals surface area contributed by atoms with E-state index in [1.165, 1.54) is 5.56 Å². The van der Waals surface area contributed by atoms with E-state index in [4.69, 9.17) is 0 Å². The van der Waals surface area contributed by atoms with Gasteiger partial charge in [-0.2, -0.15) is 0 Å². The van der Waals surface area contributed by atoms with E-state index in [-0.39, 0.29) is 11.9 Å². The summed E-state index contributed by atoms with van der Waals surface area (Å²) in [7, 11) is 0. The van der Waals surface area contributed by atoms with Crippen LogP contribution >= 0.6 is 0 Å². The highest BCUT2D eigenvalue weighted by atomic mass is 16.2. The van der Waals surface area contributed by atoms with Crippen LogP contribution in [0.15, 0.2) is 30.6 Å². The van der Waals surface area contributed by atoms with Crippen molar-refractivity contribution in [3.05, 3.63) is 53.1 Å². The molecule has 1 aromatic heterocycles. The summed E-state index contributed by atoms with van der Waals surface area (Å²) in [5.74, 6) is 0.0271. The molecule has 3 N–H and O–H groups in total. The summed E-state index contributed by atoms with van der Waals surface area (Å²) in [5, 5.41) is 6.19. The number of aromatic nitrogens is 2. The maximum absolute atomic E-state index is 12.2. The largest absolute Gasteiger partial charge is 0.351 e. The summed E-state index contributed by atoms with van der Waals surface area (Å²) in [6, 6.07) is 7.98. The van der Waals surface area contributed by atoms with Gasteiger partial charge in [-0.25, -0.2) is 4.98 Å². The van der Waals surface area contributed by atoms with E-state index < -0.39 is 0 Å². The molecule has 2 heterocycles. The number of hydrogen-bond acceptors (Lipinski definition) is 3. The molecule has 0 radical (unpaired) electrons. The fourth-order valence-electron chi connectivity index (χ4n) is 2.37. The van der Waals surface area contributed by atoms with Gasteiger partial charge in [0.05, 0.1) is 23.8 Å². The number of amides is 1. The summed E-state index contributed by atoms with van der Waals surface area (Å²) in [5.41, 5.74) is 4.40. The molecule has 20 heavy (non-hydrogen) atoms. The number of aryl methyl sites for hydroxylation is 1. The predicted octanol–water partition coefficient (Wildman–Crippen LogP) is 1.05. The molecule has 1 amide bonds. The molecular formula is C15H18N4O. The van der Waals surface area contributed by atoms with Crippen LogP contribution in [0.4, 0.5) is 0 Å². The monoisotopic (exact) mass is 270 g/mol. The Morgan fingerprint density at radius 1 is 1.40 bits per heavy atom. The second-order valence-corrected chi connectivity index (χ2v) is 5.17. The molecule has 1 unspecified atom stereocenters. The SMILES string of the molecule is Cc1ccc(CNC(=O)C2Cc3nc[nH]c3CN2)cc1. The third kappa shape index (κ3) is 2.72. The number of fused-ring (bicyclic) bond motifs is 1. The van der Waals surface area contributed by atoms with Gasteiger partial charge in [-0.1, -0.05) is 29.8 Å². The van der Waals surface area contributed by atoms with Crippen molar-refractivity contribution < 1.29 is 4.79 Å². The van der Waals surface area contributed by atoms with Gasteiger partial charge in [0.15, 0.2) is 0 Å². The van der Waals surface area contributed by atoms with Crippen molar-refractivity contribution in [1.82, 2.24) is 20.6 Å². The van der Waals surface area contributed by atoms with Gasteiger partial charge in [0.2, 0.25) is 5.91 Å². The van der Waals surface area contributed by atoms with Gasteiger partial charge >= 0.3 is 0 Å². The topological polar surface area (TPSA) is 69.8 Å². The van der Waals surface area contributed by atoms with E-state index in [2.05, 4.69) is 39.7 Å². The Morgan fingerprint density at radius 3 is 3.00 bits per heavy atom. The van der Waals surface area contributed by atoms with Crippen molar-refractivity contribution in [1.29, 1.82) is 0 Å². The Hall–Kier alpha value is -2.14. The van der Waals surface area contributed by atoms with Gasteiger partial charge in [0, 0.05) is 19.5 Å². The number of hydrogen-bond donors (Lipinski definition) is 3. The number of carbonyl (C=O) groups is 1. The van der Waals surface area contributed by atoms with E-state index in [0.29, 0.717) is 19.5 Å². The van der Waals surface area contributed by atoms with Crippen LogP contribution in [0.5, 0.6) is 0 Å². The Labute approximate surface area is 117 Å². The van der Waals surface area contributed by atoms with E-state index >= 15 is 0 Å². The van der Waals surface area contributed by atoms with Gasteiger partial charge in [-0.15, -0.1) is 0 Å². The predicted molar refractivity (Wildman–Crippen MR) is 75.9 cm³/mol. The van der Waals surface area contributed by atoms with Crippen LogP contribution in [0.3, 0.4) is 0 Å². The second-order valence-electron chi connectivity index (χ2n) is 5.17.